The van der Waals surface area contributed by atoms with E-state index in [1.807, 2.05) is 35.7 Å². The van der Waals surface area contributed by atoms with Crippen molar-refractivity contribution in [2.24, 2.45) is 11.8 Å². The Balaban J connectivity index is 2.25. The predicted molar refractivity (Wildman–Crippen MR) is 82.8 cm³/mol. The molecule has 1 N–H and O–H groups in total. The molecule has 0 saturated heterocycles. The second-order valence-corrected chi connectivity index (χ2v) is 5.91. The molecule has 5 heteroatoms. The number of rotatable bonds is 6. The highest BCUT2D eigenvalue weighted by molar-refractivity contribution is 5.78. The highest BCUT2D eigenvalue weighted by atomic mass is 16.1. The summed E-state index contributed by atoms with van der Waals surface area (Å²) in [6.07, 6.45) is 3.84. The number of nitrogens with one attached hydrogen (secondary N) is 1. The SMILES string of the molecule is CCC[C@H](C)C(=O)N[C@@H](c1nnc2ccccn12)C(C)C. The van der Waals surface area contributed by atoms with Crippen LogP contribution in [0.1, 0.15) is 52.4 Å². The summed E-state index contributed by atoms with van der Waals surface area (Å²) in [6.45, 7) is 8.23. The summed E-state index contributed by atoms with van der Waals surface area (Å²) in [4.78, 5) is 12.3. The van der Waals surface area contributed by atoms with Crippen LogP contribution in [0.15, 0.2) is 24.4 Å². The molecule has 2 aromatic rings. The van der Waals surface area contributed by atoms with E-state index in [4.69, 9.17) is 0 Å². The summed E-state index contributed by atoms with van der Waals surface area (Å²) in [5.74, 6) is 1.15. The number of pyridine rings is 1. The molecule has 0 spiro atoms. The maximum atomic E-state index is 12.3. The van der Waals surface area contributed by atoms with Gasteiger partial charge in [0.05, 0.1) is 6.04 Å². The Morgan fingerprint density at radius 3 is 2.71 bits per heavy atom. The molecule has 0 aromatic carbocycles. The molecule has 0 radical (unpaired) electrons. The molecule has 2 aromatic heterocycles. The summed E-state index contributed by atoms with van der Waals surface area (Å²) < 4.78 is 1.94. The number of hydrogen-bond donors (Lipinski definition) is 1. The van der Waals surface area contributed by atoms with Crippen LogP contribution >= 0.6 is 0 Å². The number of carbonyl (C=O) groups excluding carboxylic acids is 1. The van der Waals surface area contributed by atoms with Crippen LogP contribution in [0.3, 0.4) is 0 Å². The monoisotopic (exact) mass is 288 g/mol. The summed E-state index contributed by atoms with van der Waals surface area (Å²) in [6, 6.07) is 5.66. The van der Waals surface area contributed by atoms with Crippen LogP contribution in [0.2, 0.25) is 0 Å². The second kappa shape index (κ2) is 6.70. The van der Waals surface area contributed by atoms with Gasteiger partial charge in [-0.2, -0.15) is 0 Å². The van der Waals surface area contributed by atoms with Crippen molar-refractivity contribution in [1.29, 1.82) is 0 Å². The lowest BCUT2D eigenvalue weighted by Crippen LogP contribution is -2.36. The minimum atomic E-state index is -0.130. The third-order valence-corrected chi connectivity index (χ3v) is 3.75. The van der Waals surface area contributed by atoms with Gasteiger partial charge in [-0.1, -0.05) is 40.2 Å². The molecule has 5 nitrogen and oxygen atoms in total. The van der Waals surface area contributed by atoms with Crippen molar-refractivity contribution in [2.45, 2.75) is 46.6 Å². The normalized spacial score (nSPS) is 14.3. The summed E-state index contributed by atoms with van der Waals surface area (Å²) in [7, 11) is 0. The zero-order chi connectivity index (χ0) is 15.4. The van der Waals surface area contributed by atoms with Crippen molar-refractivity contribution < 1.29 is 4.79 Å². The quantitative estimate of drug-likeness (QED) is 0.889. The lowest BCUT2D eigenvalue weighted by molar-refractivity contribution is -0.125. The van der Waals surface area contributed by atoms with Gasteiger partial charge in [-0.05, 0) is 24.5 Å². The Morgan fingerprint density at radius 2 is 2.05 bits per heavy atom. The Hall–Kier alpha value is -1.91. The third-order valence-electron chi connectivity index (χ3n) is 3.75. The molecule has 0 fully saturated rings. The number of fused-ring (bicyclic) bond motifs is 1. The van der Waals surface area contributed by atoms with E-state index in [1.54, 1.807) is 0 Å². The molecule has 0 aliphatic rings. The van der Waals surface area contributed by atoms with Gasteiger partial charge in [0.25, 0.3) is 0 Å². The number of aromatic nitrogens is 3. The van der Waals surface area contributed by atoms with Gasteiger partial charge >= 0.3 is 0 Å². The van der Waals surface area contributed by atoms with Crippen molar-refractivity contribution in [3.8, 4) is 0 Å². The smallest absolute Gasteiger partial charge is 0.223 e. The maximum Gasteiger partial charge on any atom is 0.223 e. The standard InChI is InChI=1S/C16H24N4O/c1-5-8-12(4)16(21)17-14(11(2)3)15-19-18-13-9-6-7-10-20(13)15/h6-7,9-12,14H,5,8H2,1-4H3,(H,17,21)/t12-,14+/m0/s1. The minimum Gasteiger partial charge on any atom is -0.346 e. The Bertz CT molecular complexity index is 605. The van der Waals surface area contributed by atoms with Gasteiger partial charge in [-0.15, -0.1) is 10.2 Å². The fraction of sp³-hybridized carbons (Fsp3) is 0.562. The lowest BCUT2D eigenvalue weighted by Gasteiger charge is -2.22. The lowest BCUT2D eigenvalue weighted by atomic mass is 10.0. The summed E-state index contributed by atoms with van der Waals surface area (Å²) in [5.41, 5.74) is 0.800. The van der Waals surface area contributed by atoms with Crippen molar-refractivity contribution >= 4 is 11.6 Å². The minimum absolute atomic E-state index is 0.0236. The molecule has 114 valence electrons. The highest BCUT2D eigenvalue weighted by Gasteiger charge is 2.25. The molecule has 0 bridgehead atoms. The van der Waals surface area contributed by atoms with E-state index in [-0.39, 0.29) is 23.8 Å². The fourth-order valence-electron chi connectivity index (χ4n) is 2.46. The zero-order valence-corrected chi connectivity index (χ0v) is 13.2. The van der Waals surface area contributed by atoms with Gasteiger partial charge in [0.1, 0.15) is 0 Å². The molecular weight excluding hydrogens is 264 g/mol. The molecule has 0 aliphatic carbocycles. The predicted octanol–water partition coefficient (Wildman–Crippen LogP) is 2.98. The fourth-order valence-corrected chi connectivity index (χ4v) is 2.46. The first-order valence-corrected chi connectivity index (χ1v) is 7.64. The Kier molecular flexibility index (Phi) is 4.94. The van der Waals surface area contributed by atoms with Crippen molar-refractivity contribution in [2.75, 3.05) is 0 Å². The topological polar surface area (TPSA) is 59.3 Å². The van der Waals surface area contributed by atoms with Gasteiger partial charge in [0.15, 0.2) is 11.5 Å². The van der Waals surface area contributed by atoms with E-state index in [0.29, 0.717) is 0 Å². The molecule has 0 unspecified atom stereocenters. The van der Waals surface area contributed by atoms with E-state index in [1.165, 1.54) is 0 Å². The van der Waals surface area contributed by atoms with Crippen LogP contribution in [0, 0.1) is 11.8 Å². The van der Waals surface area contributed by atoms with Crippen LogP contribution in [-0.4, -0.2) is 20.5 Å². The van der Waals surface area contributed by atoms with Crippen molar-refractivity contribution in [3.63, 3.8) is 0 Å². The average Bonchev–Trinajstić information content (AvgIpc) is 2.88. The van der Waals surface area contributed by atoms with Crippen LogP contribution in [0.25, 0.3) is 5.65 Å². The Morgan fingerprint density at radius 1 is 1.29 bits per heavy atom. The van der Waals surface area contributed by atoms with Gasteiger partial charge in [-0.25, -0.2) is 0 Å². The first-order valence-electron chi connectivity index (χ1n) is 7.64. The zero-order valence-electron chi connectivity index (χ0n) is 13.2. The molecule has 0 saturated carbocycles. The summed E-state index contributed by atoms with van der Waals surface area (Å²) in [5, 5.41) is 11.6. The van der Waals surface area contributed by atoms with Crippen LogP contribution in [0.5, 0.6) is 0 Å². The Labute approximate surface area is 125 Å². The molecule has 2 heterocycles. The van der Waals surface area contributed by atoms with Gasteiger partial charge in [0, 0.05) is 12.1 Å². The average molecular weight is 288 g/mol. The van der Waals surface area contributed by atoms with E-state index in [2.05, 4.69) is 36.3 Å². The van der Waals surface area contributed by atoms with E-state index in [9.17, 15) is 4.79 Å². The van der Waals surface area contributed by atoms with E-state index in [0.717, 1.165) is 24.3 Å². The molecular formula is C16H24N4O. The number of amides is 1. The largest absolute Gasteiger partial charge is 0.346 e. The first-order chi connectivity index (χ1) is 10.0. The third kappa shape index (κ3) is 3.40. The van der Waals surface area contributed by atoms with Crippen LogP contribution in [0.4, 0.5) is 0 Å². The van der Waals surface area contributed by atoms with E-state index >= 15 is 0 Å². The number of hydrogen-bond acceptors (Lipinski definition) is 3. The maximum absolute atomic E-state index is 12.3. The molecule has 1 amide bonds. The van der Waals surface area contributed by atoms with Gasteiger partial charge in [-0.3, -0.25) is 9.20 Å². The molecule has 21 heavy (non-hydrogen) atoms. The van der Waals surface area contributed by atoms with Crippen molar-refractivity contribution in [1.82, 2.24) is 19.9 Å². The number of nitrogens with zero attached hydrogens (tertiary/aromatic N) is 3. The molecule has 2 rings (SSSR count). The number of carbonyl (C=O) groups is 1. The van der Waals surface area contributed by atoms with Gasteiger partial charge < -0.3 is 5.32 Å². The van der Waals surface area contributed by atoms with Crippen LogP contribution < -0.4 is 5.32 Å². The van der Waals surface area contributed by atoms with Gasteiger partial charge in [0.2, 0.25) is 5.91 Å². The molecule has 2 atom stereocenters. The summed E-state index contributed by atoms with van der Waals surface area (Å²) >= 11 is 0. The van der Waals surface area contributed by atoms with Crippen LogP contribution in [-0.2, 0) is 4.79 Å². The van der Waals surface area contributed by atoms with E-state index < -0.39 is 0 Å². The second-order valence-electron chi connectivity index (χ2n) is 5.91. The highest BCUT2D eigenvalue weighted by Crippen LogP contribution is 2.21. The first kappa shape index (κ1) is 15.5. The molecule has 0 aliphatic heterocycles. The van der Waals surface area contributed by atoms with Crippen molar-refractivity contribution in [3.05, 3.63) is 30.2 Å².